The number of carbonyl (C=O) groups is 1. The van der Waals surface area contributed by atoms with Gasteiger partial charge in [0.05, 0.1) is 0 Å². The van der Waals surface area contributed by atoms with Crippen LogP contribution in [0.1, 0.15) is 32.1 Å². The Morgan fingerprint density at radius 1 is 1.11 bits per heavy atom. The van der Waals surface area contributed by atoms with Crippen LogP contribution in [-0.2, 0) is 4.79 Å². The summed E-state index contributed by atoms with van der Waals surface area (Å²) in [6.07, 6.45) is 7.27. The fraction of sp³-hybridized carbons (Fsp3) is 0.857. The van der Waals surface area contributed by atoms with Gasteiger partial charge in [-0.05, 0) is 12.8 Å². The minimum atomic E-state index is 0. The van der Waals surface area contributed by atoms with Gasteiger partial charge in [0.25, 0.3) is 0 Å². The first-order valence-electron chi connectivity index (χ1n) is 3.39. The molecule has 2 heteroatoms. The van der Waals surface area contributed by atoms with Gasteiger partial charge in [0.2, 0.25) is 0 Å². The van der Waals surface area contributed by atoms with Crippen LogP contribution < -0.4 is 0 Å². The van der Waals surface area contributed by atoms with Crippen LogP contribution >= 0.6 is 0 Å². The SMILES string of the molecule is O=CC1CCCCC1.[KH]. The van der Waals surface area contributed by atoms with Crippen molar-refractivity contribution < 1.29 is 4.79 Å². The summed E-state index contributed by atoms with van der Waals surface area (Å²) in [6, 6.07) is 0. The van der Waals surface area contributed by atoms with E-state index >= 15 is 0 Å². The van der Waals surface area contributed by atoms with E-state index in [4.69, 9.17) is 0 Å². The van der Waals surface area contributed by atoms with Crippen LogP contribution in [0.4, 0.5) is 0 Å². The summed E-state index contributed by atoms with van der Waals surface area (Å²) < 4.78 is 0. The molecule has 0 aromatic carbocycles. The normalized spacial score (nSPS) is 20.4. The van der Waals surface area contributed by atoms with Crippen molar-refractivity contribution >= 4 is 57.7 Å². The molecule has 0 radical (unpaired) electrons. The Balaban J connectivity index is 0.000000640. The third kappa shape index (κ3) is 3.89. The molecule has 0 aromatic heterocycles. The average molecular weight is 152 g/mol. The fourth-order valence-electron chi connectivity index (χ4n) is 1.27. The number of carbonyl (C=O) groups excluding carboxylic acids is 1. The minimum absolute atomic E-state index is 0. The Bertz CT molecular complexity index is 77.0. The van der Waals surface area contributed by atoms with Crippen LogP contribution in [0.3, 0.4) is 0 Å². The van der Waals surface area contributed by atoms with E-state index in [1.54, 1.807) is 0 Å². The Morgan fingerprint density at radius 3 is 2.00 bits per heavy atom. The van der Waals surface area contributed by atoms with E-state index < -0.39 is 0 Å². The molecule has 1 nitrogen and oxygen atoms in total. The average Bonchev–Trinajstić information content (AvgIpc) is 1.90. The molecule has 1 aliphatic carbocycles. The zero-order valence-corrected chi connectivity index (χ0v) is 5.10. The summed E-state index contributed by atoms with van der Waals surface area (Å²) in [5.41, 5.74) is 0. The van der Waals surface area contributed by atoms with E-state index in [1.165, 1.54) is 19.3 Å². The van der Waals surface area contributed by atoms with Gasteiger partial charge in [-0.15, -0.1) is 0 Å². The number of hydrogen-bond donors (Lipinski definition) is 0. The van der Waals surface area contributed by atoms with E-state index in [0.717, 1.165) is 19.1 Å². The molecule has 0 heterocycles. The first-order valence-corrected chi connectivity index (χ1v) is 3.39. The summed E-state index contributed by atoms with van der Waals surface area (Å²) in [6.45, 7) is 0. The molecule has 0 N–H and O–H groups in total. The van der Waals surface area contributed by atoms with Crippen LogP contribution in [0.15, 0.2) is 0 Å². The van der Waals surface area contributed by atoms with Gasteiger partial charge in [0, 0.05) is 5.92 Å². The molecule has 0 saturated heterocycles. The van der Waals surface area contributed by atoms with Gasteiger partial charge in [0.1, 0.15) is 6.29 Å². The fourth-order valence-corrected chi connectivity index (χ4v) is 1.27. The van der Waals surface area contributed by atoms with Gasteiger partial charge in [-0.3, -0.25) is 0 Å². The van der Waals surface area contributed by atoms with Crippen molar-refractivity contribution in [2.24, 2.45) is 5.92 Å². The zero-order valence-electron chi connectivity index (χ0n) is 5.10. The van der Waals surface area contributed by atoms with E-state index in [2.05, 4.69) is 0 Å². The molecule has 48 valence electrons. The topological polar surface area (TPSA) is 17.1 Å². The van der Waals surface area contributed by atoms with Crippen LogP contribution in [0, 0.1) is 5.92 Å². The van der Waals surface area contributed by atoms with Gasteiger partial charge in [-0.25, -0.2) is 0 Å². The molecule has 1 rings (SSSR count). The molecule has 0 atom stereocenters. The standard InChI is InChI=1S/C7H12O.K.H/c8-6-7-4-2-1-3-5-7;;/h6-7H,1-5H2;;. The monoisotopic (exact) mass is 152 g/mol. The van der Waals surface area contributed by atoms with Crippen molar-refractivity contribution in [1.29, 1.82) is 0 Å². The quantitative estimate of drug-likeness (QED) is 0.406. The van der Waals surface area contributed by atoms with Crippen LogP contribution in [0.5, 0.6) is 0 Å². The summed E-state index contributed by atoms with van der Waals surface area (Å²) >= 11 is 0. The van der Waals surface area contributed by atoms with E-state index in [1.807, 2.05) is 0 Å². The summed E-state index contributed by atoms with van der Waals surface area (Å²) in [5, 5.41) is 0. The summed E-state index contributed by atoms with van der Waals surface area (Å²) in [7, 11) is 0. The molecule has 9 heavy (non-hydrogen) atoms. The molecule has 1 fully saturated rings. The van der Waals surface area contributed by atoms with Crippen molar-refractivity contribution in [3.05, 3.63) is 0 Å². The second-order valence-electron chi connectivity index (χ2n) is 2.53. The van der Waals surface area contributed by atoms with Crippen molar-refractivity contribution in [2.75, 3.05) is 0 Å². The Kier molecular flexibility index (Phi) is 6.92. The van der Waals surface area contributed by atoms with Gasteiger partial charge in [-0.2, -0.15) is 0 Å². The summed E-state index contributed by atoms with van der Waals surface area (Å²) in [5.74, 6) is 0.406. The van der Waals surface area contributed by atoms with E-state index in [-0.39, 0.29) is 51.4 Å². The number of aldehydes is 1. The van der Waals surface area contributed by atoms with Gasteiger partial charge in [0.15, 0.2) is 0 Å². The van der Waals surface area contributed by atoms with Crippen molar-refractivity contribution in [3.8, 4) is 0 Å². The molecule has 1 aliphatic rings. The Hall–Kier alpha value is 1.31. The molecule has 0 amide bonds. The molecular formula is C7H13KO. The Morgan fingerprint density at radius 2 is 1.67 bits per heavy atom. The van der Waals surface area contributed by atoms with E-state index in [0.29, 0.717) is 5.92 Å². The second kappa shape index (κ2) is 6.04. The maximum absolute atomic E-state index is 10.2. The Labute approximate surface area is 99.0 Å². The number of hydrogen-bond acceptors (Lipinski definition) is 1. The molecular weight excluding hydrogens is 139 g/mol. The van der Waals surface area contributed by atoms with Gasteiger partial charge >= 0.3 is 51.4 Å². The molecule has 0 bridgehead atoms. The number of rotatable bonds is 1. The molecule has 0 spiro atoms. The molecule has 0 unspecified atom stereocenters. The predicted molar refractivity (Wildman–Crippen MR) is 39.8 cm³/mol. The maximum atomic E-state index is 10.2. The first kappa shape index (κ1) is 10.3. The summed E-state index contributed by atoms with van der Waals surface area (Å²) in [4.78, 5) is 10.2. The predicted octanol–water partition coefficient (Wildman–Crippen LogP) is 1.12. The van der Waals surface area contributed by atoms with Crippen molar-refractivity contribution in [3.63, 3.8) is 0 Å². The molecule has 0 aliphatic heterocycles. The van der Waals surface area contributed by atoms with Crippen LogP contribution in [0.2, 0.25) is 0 Å². The van der Waals surface area contributed by atoms with Crippen molar-refractivity contribution in [1.82, 2.24) is 0 Å². The van der Waals surface area contributed by atoms with Crippen LogP contribution in [-0.4, -0.2) is 57.7 Å². The zero-order chi connectivity index (χ0) is 5.82. The first-order chi connectivity index (χ1) is 3.93. The van der Waals surface area contributed by atoms with Gasteiger partial charge < -0.3 is 4.79 Å². The third-order valence-electron chi connectivity index (χ3n) is 1.84. The second-order valence-corrected chi connectivity index (χ2v) is 2.53. The van der Waals surface area contributed by atoms with Crippen LogP contribution in [0.25, 0.3) is 0 Å². The van der Waals surface area contributed by atoms with E-state index in [9.17, 15) is 4.79 Å². The third-order valence-corrected chi connectivity index (χ3v) is 1.84. The van der Waals surface area contributed by atoms with Crippen molar-refractivity contribution in [2.45, 2.75) is 32.1 Å². The molecule has 1 saturated carbocycles. The van der Waals surface area contributed by atoms with Gasteiger partial charge in [-0.1, -0.05) is 19.3 Å². The molecule has 0 aromatic rings.